The van der Waals surface area contributed by atoms with Crippen LogP contribution in [0.3, 0.4) is 0 Å². The molecule has 0 aliphatic heterocycles. The molecule has 1 aromatic carbocycles. The lowest BCUT2D eigenvalue weighted by atomic mass is 9.70. The Morgan fingerprint density at radius 2 is 2.21 bits per heavy atom. The SMILES string of the molecule is CC(C)CC1CCCC(N)(c2cc(F)ccc2Cl)C1. The third-order valence-electron chi connectivity index (χ3n) is 4.16. The van der Waals surface area contributed by atoms with Crippen LogP contribution in [0.15, 0.2) is 18.2 Å². The zero-order chi connectivity index (χ0) is 14.0. The maximum Gasteiger partial charge on any atom is 0.123 e. The molecule has 0 amide bonds. The van der Waals surface area contributed by atoms with Crippen LogP contribution in [0.25, 0.3) is 0 Å². The molecular weight excluding hydrogens is 261 g/mol. The Balaban J connectivity index is 2.23. The summed E-state index contributed by atoms with van der Waals surface area (Å²) >= 11 is 6.23. The Hall–Kier alpha value is -0.600. The summed E-state index contributed by atoms with van der Waals surface area (Å²) in [5.41, 5.74) is 6.88. The minimum Gasteiger partial charge on any atom is -0.321 e. The van der Waals surface area contributed by atoms with E-state index in [9.17, 15) is 4.39 Å². The van der Waals surface area contributed by atoms with Crippen LogP contribution in [0.5, 0.6) is 0 Å². The second-order valence-electron chi connectivity index (χ2n) is 6.37. The Bertz CT molecular complexity index is 446. The average Bonchev–Trinajstić information content (AvgIpc) is 2.31. The minimum atomic E-state index is -0.461. The molecule has 2 N–H and O–H groups in total. The second-order valence-corrected chi connectivity index (χ2v) is 6.78. The molecule has 2 rings (SSSR count). The van der Waals surface area contributed by atoms with Gasteiger partial charge >= 0.3 is 0 Å². The fourth-order valence-electron chi connectivity index (χ4n) is 3.42. The molecule has 19 heavy (non-hydrogen) atoms. The van der Waals surface area contributed by atoms with E-state index in [1.807, 2.05) is 0 Å². The number of hydrogen-bond donors (Lipinski definition) is 1. The highest BCUT2D eigenvalue weighted by atomic mass is 35.5. The summed E-state index contributed by atoms with van der Waals surface area (Å²) in [6.45, 7) is 4.48. The van der Waals surface area contributed by atoms with E-state index in [0.717, 1.165) is 24.8 Å². The van der Waals surface area contributed by atoms with E-state index in [-0.39, 0.29) is 5.82 Å². The van der Waals surface area contributed by atoms with Crippen molar-refractivity contribution in [2.45, 2.75) is 51.5 Å². The van der Waals surface area contributed by atoms with Crippen LogP contribution in [-0.2, 0) is 5.54 Å². The van der Waals surface area contributed by atoms with Crippen molar-refractivity contribution in [2.24, 2.45) is 17.6 Å². The van der Waals surface area contributed by atoms with Gasteiger partial charge in [-0.15, -0.1) is 0 Å². The molecule has 3 heteroatoms. The maximum absolute atomic E-state index is 13.5. The smallest absolute Gasteiger partial charge is 0.123 e. The van der Waals surface area contributed by atoms with Crippen molar-refractivity contribution in [3.05, 3.63) is 34.6 Å². The van der Waals surface area contributed by atoms with Gasteiger partial charge in [0.2, 0.25) is 0 Å². The lowest BCUT2D eigenvalue weighted by Gasteiger charge is -2.39. The molecule has 0 heterocycles. The Morgan fingerprint density at radius 3 is 2.89 bits per heavy atom. The first kappa shape index (κ1) is 14.8. The largest absolute Gasteiger partial charge is 0.321 e. The van der Waals surface area contributed by atoms with Crippen molar-refractivity contribution >= 4 is 11.6 Å². The van der Waals surface area contributed by atoms with Crippen molar-refractivity contribution in [2.75, 3.05) is 0 Å². The van der Waals surface area contributed by atoms with E-state index in [4.69, 9.17) is 17.3 Å². The first-order chi connectivity index (χ1) is 8.90. The molecule has 1 saturated carbocycles. The summed E-state index contributed by atoms with van der Waals surface area (Å²) < 4.78 is 13.5. The van der Waals surface area contributed by atoms with Crippen molar-refractivity contribution in [3.63, 3.8) is 0 Å². The molecule has 0 bridgehead atoms. The van der Waals surface area contributed by atoms with Gasteiger partial charge in [0, 0.05) is 10.6 Å². The van der Waals surface area contributed by atoms with Gasteiger partial charge in [-0.2, -0.15) is 0 Å². The molecule has 2 unspecified atom stereocenters. The van der Waals surface area contributed by atoms with Gasteiger partial charge in [-0.25, -0.2) is 4.39 Å². The molecule has 1 nitrogen and oxygen atoms in total. The second kappa shape index (κ2) is 5.80. The summed E-state index contributed by atoms with van der Waals surface area (Å²) in [6, 6.07) is 4.52. The molecule has 0 saturated heterocycles. The van der Waals surface area contributed by atoms with Crippen LogP contribution in [0.4, 0.5) is 4.39 Å². The van der Waals surface area contributed by atoms with E-state index < -0.39 is 5.54 Å². The summed E-state index contributed by atoms with van der Waals surface area (Å²) in [7, 11) is 0. The standard InChI is InChI=1S/C16H23ClFN/c1-11(2)8-12-4-3-7-16(19,10-12)14-9-13(18)5-6-15(14)17/h5-6,9,11-12H,3-4,7-8,10,19H2,1-2H3. The zero-order valence-corrected chi connectivity index (χ0v) is 12.5. The molecule has 106 valence electrons. The van der Waals surface area contributed by atoms with Gasteiger partial charge in [0.05, 0.1) is 0 Å². The Morgan fingerprint density at radius 1 is 1.47 bits per heavy atom. The van der Waals surface area contributed by atoms with Crippen molar-refractivity contribution < 1.29 is 4.39 Å². The average molecular weight is 284 g/mol. The molecule has 0 spiro atoms. The molecular formula is C16H23ClFN. The Labute approximate surface area is 120 Å². The summed E-state index contributed by atoms with van der Waals surface area (Å²) in [5.74, 6) is 1.05. The van der Waals surface area contributed by atoms with Crippen LogP contribution < -0.4 is 5.73 Å². The maximum atomic E-state index is 13.5. The predicted octanol–water partition coefficient (Wildman–Crippen LogP) is 4.87. The van der Waals surface area contributed by atoms with Gasteiger partial charge in [-0.3, -0.25) is 0 Å². The van der Waals surface area contributed by atoms with E-state index in [1.165, 1.54) is 25.0 Å². The topological polar surface area (TPSA) is 26.0 Å². The minimum absolute atomic E-state index is 0.254. The fraction of sp³-hybridized carbons (Fsp3) is 0.625. The number of rotatable bonds is 3. The van der Waals surface area contributed by atoms with Crippen molar-refractivity contribution in [3.8, 4) is 0 Å². The van der Waals surface area contributed by atoms with E-state index in [2.05, 4.69) is 13.8 Å². The molecule has 1 fully saturated rings. The molecule has 2 atom stereocenters. The van der Waals surface area contributed by atoms with Crippen LogP contribution >= 0.6 is 11.6 Å². The van der Waals surface area contributed by atoms with Crippen LogP contribution in [0.1, 0.15) is 51.5 Å². The highest BCUT2D eigenvalue weighted by Gasteiger charge is 2.36. The molecule has 0 aromatic heterocycles. The number of halogens is 2. The quantitative estimate of drug-likeness (QED) is 0.841. The zero-order valence-electron chi connectivity index (χ0n) is 11.8. The summed E-state index contributed by atoms with van der Waals surface area (Å²) in [6.07, 6.45) is 5.32. The van der Waals surface area contributed by atoms with Gasteiger partial charge in [0.15, 0.2) is 0 Å². The Kier molecular flexibility index (Phi) is 4.52. The third-order valence-corrected chi connectivity index (χ3v) is 4.49. The third kappa shape index (κ3) is 3.49. The van der Waals surface area contributed by atoms with Crippen LogP contribution in [-0.4, -0.2) is 0 Å². The van der Waals surface area contributed by atoms with Crippen LogP contribution in [0, 0.1) is 17.7 Å². The normalized spacial score (nSPS) is 27.8. The number of benzene rings is 1. The van der Waals surface area contributed by atoms with Crippen molar-refractivity contribution in [1.82, 2.24) is 0 Å². The van der Waals surface area contributed by atoms with Crippen molar-refractivity contribution in [1.29, 1.82) is 0 Å². The summed E-state index contributed by atoms with van der Waals surface area (Å²) in [5, 5.41) is 0.592. The summed E-state index contributed by atoms with van der Waals surface area (Å²) in [4.78, 5) is 0. The fourth-order valence-corrected chi connectivity index (χ4v) is 3.72. The first-order valence-electron chi connectivity index (χ1n) is 7.15. The lowest BCUT2D eigenvalue weighted by molar-refractivity contribution is 0.202. The molecule has 1 aliphatic rings. The lowest BCUT2D eigenvalue weighted by Crippen LogP contribution is -2.42. The monoisotopic (exact) mass is 283 g/mol. The van der Waals surface area contributed by atoms with Crippen LogP contribution in [0.2, 0.25) is 5.02 Å². The van der Waals surface area contributed by atoms with Gasteiger partial charge in [-0.05, 0) is 54.9 Å². The van der Waals surface area contributed by atoms with Gasteiger partial charge in [0.1, 0.15) is 5.82 Å². The first-order valence-corrected chi connectivity index (χ1v) is 7.53. The number of nitrogens with two attached hydrogens (primary N) is 1. The molecule has 0 radical (unpaired) electrons. The van der Waals surface area contributed by atoms with Gasteiger partial charge in [-0.1, -0.05) is 38.3 Å². The van der Waals surface area contributed by atoms with E-state index >= 15 is 0 Å². The number of hydrogen-bond acceptors (Lipinski definition) is 1. The molecule has 1 aliphatic carbocycles. The predicted molar refractivity (Wildman–Crippen MR) is 78.7 cm³/mol. The van der Waals surface area contributed by atoms with Gasteiger partial charge in [0.25, 0.3) is 0 Å². The highest BCUT2D eigenvalue weighted by Crippen LogP contribution is 2.42. The van der Waals surface area contributed by atoms with E-state index in [0.29, 0.717) is 16.9 Å². The van der Waals surface area contributed by atoms with Gasteiger partial charge < -0.3 is 5.73 Å². The highest BCUT2D eigenvalue weighted by molar-refractivity contribution is 6.31. The van der Waals surface area contributed by atoms with E-state index in [1.54, 1.807) is 6.07 Å². The molecule has 1 aromatic rings.